The second-order valence-electron chi connectivity index (χ2n) is 8.48. The number of hydrogen-bond acceptors (Lipinski definition) is 4. The molecule has 1 aromatic rings. The molecule has 3 atom stereocenters. The molecule has 128 valence electrons. The summed E-state index contributed by atoms with van der Waals surface area (Å²) in [5.74, 6) is 1.88. The van der Waals surface area contributed by atoms with Crippen molar-refractivity contribution in [2.75, 3.05) is 33.2 Å². The van der Waals surface area contributed by atoms with Gasteiger partial charge >= 0.3 is 0 Å². The predicted octanol–water partition coefficient (Wildman–Crippen LogP) is 1.80. The zero-order valence-corrected chi connectivity index (χ0v) is 14.4. The fourth-order valence-corrected chi connectivity index (χ4v) is 5.62. The number of carbonyl (C=O) groups excluding carboxylic acids is 1. The molecule has 2 bridgehead atoms. The van der Waals surface area contributed by atoms with Gasteiger partial charge in [0.15, 0.2) is 5.78 Å². The quantitative estimate of drug-likeness (QED) is 0.900. The van der Waals surface area contributed by atoms with Gasteiger partial charge < -0.3 is 10.0 Å². The number of phenolic OH excluding ortho intramolecular Hbond substituents is 1. The first kappa shape index (κ1) is 14.9. The number of piperidine rings is 2. The molecule has 2 saturated heterocycles. The molecular formula is C20H26N2O2. The third-order valence-corrected chi connectivity index (χ3v) is 7.06. The topological polar surface area (TPSA) is 43.8 Å². The van der Waals surface area contributed by atoms with Crippen molar-refractivity contribution in [1.29, 1.82) is 0 Å². The van der Waals surface area contributed by atoms with Crippen molar-refractivity contribution in [1.82, 2.24) is 9.80 Å². The molecule has 2 heterocycles. The van der Waals surface area contributed by atoms with E-state index in [0.29, 0.717) is 30.0 Å². The number of hydrogen-bond donors (Lipinski definition) is 1. The Hall–Kier alpha value is -1.39. The molecule has 2 aliphatic carbocycles. The third-order valence-electron chi connectivity index (χ3n) is 7.06. The number of fused-ring (bicyclic) bond motifs is 1. The summed E-state index contributed by atoms with van der Waals surface area (Å²) < 4.78 is 0. The molecule has 0 amide bonds. The third kappa shape index (κ3) is 2.02. The van der Waals surface area contributed by atoms with Crippen molar-refractivity contribution in [3.05, 3.63) is 29.3 Å². The number of likely N-dealkylation sites (tertiary alicyclic amines) is 2. The van der Waals surface area contributed by atoms with Crippen molar-refractivity contribution in [2.24, 2.45) is 11.8 Å². The fourth-order valence-electron chi connectivity index (χ4n) is 5.62. The van der Waals surface area contributed by atoms with Gasteiger partial charge in [0.1, 0.15) is 5.75 Å². The second kappa shape index (κ2) is 5.06. The van der Waals surface area contributed by atoms with Crippen LogP contribution >= 0.6 is 0 Å². The van der Waals surface area contributed by atoms with Crippen LogP contribution in [-0.4, -0.2) is 60.0 Å². The highest BCUT2D eigenvalue weighted by molar-refractivity contribution is 5.94. The second-order valence-corrected chi connectivity index (χ2v) is 8.48. The van der Waals surface area contributed by atoms with Crippen LogP contribution in [0, 0.1) is 11.8 Å². The Bertz CT molecular complexity index is 699. The number of likely N-dealkylation sites (N-methyl/N-ethyl adjacent to an activating group) is 1. The maximum atomic E-state index is 13.4. The van der Waals surface area contributed by atoms with E-state index in [4.69, 9.17) is 0 Å². The number of phenols is 1. The highest BCUT2D eigenvalue weighted by atomic mass is 16.3. The van der Waals surface area contributed by atoms with Crippen molar-refractivity contribution in [3.8, 4) is 5.75 Å². The SMILES string of the molecule is CN1CC[C@@]23C(=O)CN(CC4CC4)C[C@H]2[C@H]1Cc1ccc(O)cc13. The fraction of sp³-hybridized carbons (Fsp3) is 0.650. The minimum atomic E-state index is -0.358. The van der Waals surface area contributed by atoms with E-state index in [9.17, 15) is 9.90 Å². The van der Waals surface area contributed by atoms with E-state index in [1.165, 1.54) is 18.4 Å². The zero-order valence-electron chi connectivity index (χ0n) is 14.4. The standard InChI is InChI=1S/C20H26N2O2/c1-21-7-6-20-16-9-15(23)5-4-14(16)8-18(21)17(20)11-22(12-19(20)24)10-13-2-3-13/h4-5,9,13,17-18,23H,2-3,6-8,10-12H2,1H3/t17-,18+,20-/m0/s1. The molecule has 4 nitrogen and oxygen atoms in total. The lowest BCUT2D eigenvalue weighted by Gasteiger charge is -2.58. The van der Waals surface area contributed by atoms with Gasteiger partial charge in [-0.3, -0.25) is 9.69 Å². The molecule has 5 rings (SSSR count). The van der Waals surface area contributed by atoms with Crippen LogP contribution in [0.1, 0.15) is 30.4 Å². The molecule has 0 aromatic heterocycles. The summed E-state index contributed by atoms with van der Waals surface area (Å²) in [5, 5.41) is 10.1. The zero-order chi connectivity index (χ0) is 16.5. The van der Waals surface area contributed by atoms with Gasteiger partial charge in [-0.1, -0.05) is 6.07 Å². The van der Waals surface area contributed by atoms with E-state index in [0.717, 1.165) is 44.0 Å². The van der Waals surface area contributed by atoms with Crippen LogP contribution in [-0.2, 0) is 16.6 Å². The van der Waals surface area contributed by atoms with Gasteiger partial charge in [0.2, 0.25) is 0 Å². The largest absolute Gasteiger partial charge is 0.508 e. The molecule has 1 saturated carbocycles. The van der Waals surface area contributed by atoms with Gasteiger partial charge in [-0.05, 0) is 68.5 Å². The van der Waals surface area contributed by atoms with Crippen LogP contribution in [0.4, 0.5) is 0 Å². The number of benzene rings is 1. The molecule has 0 spiro atoms. The monoisotopic (exact) mass is 326 g/mol. The maximum absolute atomic E-state index is 13.4. The van der Waals surface area contributed by atoms with Crippen LogP contribution in [0.25, 0.3) is 0 Å². The van der Waals surface area contributed by atoms with Crippen LogP contribution in [0.15, 0.2) is 18.2 Å². The average molecular weight is 326 g/mol. The summed E-state index contributed by atoms with van der Waals surface area (Å²) in [6.07, 6.45) is 4.57. The molecule has 3 fully saturated rings. The Morgan fingerprint density at radius 3 is 2.96 bits per heavy atom. The van der Waals surface area contributed by atoms with Gasteiger partial charge in [0.05, 0.1) is 12.0 Å². The molecule has 4 aliphatic rings. The summed E-state index contributed by atoms with van der Waals surface area (Å²) in [6, 6.07) is 6.15. The van der Waals surface area contributed by atoms with Gasteiger partial charge in [0, 0.05) is 25.0 Å². The van der Waals surface area contributed by atoms with E-state index in [-0.39, 0.29) is 5.41 Å². The minimum Gasteiger partial charge on any atom is -0.508 e. The summed E-state index contributed by atoms with van der Waals surface area (Å²) in [5.41, 5.74) is 2.04. The lowest BCUT2D eigenvalue weighted by atomic mass is 9.54. The Labute approximate surface area is 143 Å². The van der Waals surface area contributed by atoms with E-state index < -0.39 is 0 Å². The van der Waals surface area contributed by atoms with Crippen molar-refractivity contribution in [2.45, 2.75) is 37.1 Å². The van der Waals surface area contributed by atoms with Gasteiger partial charge in [-0.15, -0.1) is 0 Å². The molecule has 1 N–H and O–H groups in total. The Morgan fingerprint density at radius 1 is 1.33 bits per heavy atom. The van der Waals surface area contributed by atoms with Crippen LogP contribution < -0.4 is 0 Å². The molecule has 4 heteroatoms. The van der Waals surface area contributed by atoms with Gasteiger partial charge in [0.25, 0.3) is 0 Å². The Kier molecular flexibility index (Phi) is 3.14. The minimum absolute atomic E-state index is 0.299. The number of carbonyl (C=O) groups is 1. The first-order chi connectivity index (χ1) is 11.6. The molecule has 2 aliphatic heterocycles. The lowest BCUT2D eigenvalue weighted by molar-refractivity contribution is -0.139. The predicted molar refractivity (Wildman–Crippen MR) is 92.2 cm³/mol. The number of ketones is 1. The lowest BCUT2D eigenvalue weighted by Crippen LogP contribution is -2.68. The summed E-state index contributed by atoms with van der Waals surface area (Å²) in [7, 11) is 2.21. The Balaban J connectivity index is 1.60. The number of nitrogens with zero attached hydrogens (tertiary/aromatic N) is 2. The summed E-state index contributed by atoms with van der Waals surface area (Å²) in [6.45, 7) is 3.71. The van der Waals surface area contributed by atoms with Crippen LogP contribution in [0.5, 0.6) is 5.75 Å². The number of aromatic hydroxyl groups is 1. The number of Topliss-reactive ketones (excluding diaryl/α,β-unsaturated/α-hetero) is 1. The molecule has 24 heavy (non-hydrogen) atoms. The summed E-state index contributed by atoms with van der Waals surface area (Å²) in [4.78, 5) is 18.3. The van der Waals surface area contributed by atoms with E-state index in [1.54, 1.807) is 6.07 Å². The van der Waals surface area contributed by atoms with Crippen molar-refractivity contribution < 1.29 is 9.90 Å². The van der Waals surface area contributed by atoms with Gasteiger partial charge in [-0.2, -0.15) is 0 Å². The van der Waals surface area contributed by atoms with E-state index in [2.05, 4.69) is 16.8 Å². The van der Waals surface area contributed by atoms with Crippen molar-refractivity contribution in [3.63, 3.8) is 0 Å². The highest BCUT2D eigenvalue weighted by Gasteiger charge is 2.59. The normalized spacial score (nSPS) is 36.3. The highest BCUT2D eigenvalue weighted by Crippen LogP contribution is 2.52. The first-order valence-corrected chi connectivity index (χ1v) is 9.36. The van der Waals surface area contributed by atoms with Crippen molar-refractivity contribution >= 4 is 5.78 Å². The average Bonchev–Trinajstić information content (AvgIpc) is 3.35. The molecule has 1 aromatic carbocycles. The number of rotatable bonds is 2. The van der Waals surface area contributed by atoms with E-state index in [1.807, 2.05) is 12.1 Å². The maximum Gasteiger partial charge on any atom is 0.157 e. The van der Waals surface area contributed by atoms with Crippen LogP contribution in [0.3, 0.4) is 0 Å². The molecule has 0 unspecified atom stereocenters. The smallest absolute Gasteiger partial charge is 0.157 e. The summed E-state index contributed by atoms with van der Waals surface area (Å²) >= 11 is 0. The molecular weight excluding hydrogens is 300 g/mol. The molecule has 0 radical (unpaired) electrons. The van der Waals surface area contributed by atoms with Crippen LogP contribution in [0.2, 0.25) is 0 Å². The van der Waals surface area contributed by atoms with E-state index >= 15 is 0 Å². The Morgan fingerprint density at radius 2 is 2.17 bits per heavy atom. The van der Waals surface area contributed by atoms with Gasteiger partial charge in [-0.25, -0.2) is 0 Å². The first-order valence-electron chi connectivity index (χ1n) is 9.36.